The number of aryl methyl sites for hydroxylation is 1. The zero-order valence-electron chi connectivity index (χ0n) is 35.4. The van der Waals surface area contributed by atoms with E-state index in [1.165, 1.54) is 16.2 Å². The van der Waals surface area contributed by atoms with Crippen molar-refractivity contribution in [3.05, 3.63) is 76.8 Å². The highest BCUT2D eigenvalue weighted by molar-refractivity contribution is 7.91. The zero-order valence-corrected chi connectivity index (χ0v) is 37.0. The molecule has 0 spiro atoms. The number of hydrogen-bond donors (Lipinski definition) is 2. The van der Waals surface area contributed by atoms with Gasteiger partial charge in [0.1, 0.15) is 45.6 Å². The topological polar surface area (TPSA) is 190 Å². The first-order chi connectivity index (χ1) is 29.8. The molecule has 2 saturated carbocycles. The standard InChI is InChI=1S/C46H52N6O8S2/c1-27(2)37-26-61-43(49-37)36-21-40(35-17-18-39(58-4)28(3)41(35)48-36)60-33-20-38-42(53)50-46(45(55)51-62(56,57)34-15-16-34)22-31(46)13-9-7-5-6-8-12-30(44(54)52(38)24-33)25-59-32-14-10-11-29(19-32)23-47/h9-11,13-14,17-19,21,26-27,30-31,33-34,38H,5-8,12,15-16,20,22,24-25H2,1-4H3,(H,50,53)(H,51,55). The average molecular weight is 881 g/mol. The molecule has 2 aromatic heterocycles. The molecule has 62 heavy (non-hydrogen) atoms. The number of carbonyl (C=O) groups excluding carboxylic acids is 3. The Morgan fingerprint density at radius 3 is 2.66 bits per heavy atom. The molecule has 16 heteroatoms. The minimum absolute atomic E-state index is 0.0169. The Hall–Kier alpha value is -5.53. The van der Waals surface area contributed by atoms with Gasteiger partial charge in [0.2, 0.25) is 21.8 Å². The number of ether oxygens (including phenoxy) is 3. The van der Waals surface area contributed by atoms with Crippen LogP contribution in [0, 0.1) is 30.1 Å². The molecule has 5 atom stereocenters. The molecular formula is C46H52N6O8S2. The van der Waals surface area contributed by atoms with Gasteiger partial charge in [-0.25, -0.2) is 18.4 Å². The molecule has 14 nitrogen and oxygen atoms in total. The quantitative estimate of drug-likeness (QED) is 0.152. The van der Waals surface area contributed by atoms with Crippen LogP contribution in [0.5, 0.6) is 17.2 Å². The number of allylic oxidation sites excluding steroid dienone is 1. The molecule has 8 rings (SSSR count). The Balaban J connectivity index is 1.14. The van der Waals surface area contributed by atoms with Crippen LogP contribution in [0.15, 0.2) is 60.0 Å². The Morgan fingerprint density at radius 1 is 1.10 bits per heavy atom. The van der Waals surface area contributed by atoms with E-state index < -0.39 is 56.6 Å². The third kappa shape index (κ3) is 9.01. The number of nitrogens with zero attached hydrogens (tertiary/aromatic N) is 4. The molecule has 2 N–H and O–H groups in total. The van der Waals surface area contributed by atoms with Gasteiger partial charge in [0.15, 0.2) is 0 Å². The highest BCUT2D eigenvalue weighted by Gasteiger charge is 2.62. The third-order valence-corrected chi connectivity index (χ3v) is 15.1. The molecule has 4 aliphatic rings. The summed E-state index contributed by atoms with van der Waals surface area (Å²) in [6.45, 7) is 6.16. The molecule has 3 amide bonds. The molecular weight excluding hydrogens is 829 g/mol. The van der Waals surface area contributed by atoms with Gasteiger partial charge in [0, 0.05) is 34.7 Å². The lowest BCUT2D eigenvalue weighted by Crippen LogP contribution is -2.57. The molecule has 0 bridgehead atoms. The van der Waals surface area contributed by atoms with Crippen molar-refractivity contribution < 1.29 is 37.0 Å². The Labute approximate surface area is 366 Å². The monoisotopic (exact) mass is 880 g/mol. The van der Waals surface area contributed by atoms with Gasteiger partial charge in [-0.2, -0.15) is 5.26 Å². The molecule has 5 unspecified atom stereocenters. The fourth-order valence-corrected chi connectivity index (χ4v) is 10.8. The maximum Gasteiger partial charge on any atom is 0.259 e. The predicted molar refractivity (Wildman–Crippen MR) is 234 cm³/mol. The molecule has 4 heterocycles. The molecule has 0 radical (unpaired) electrons. The number of hydrogen-bond acceptors (Lipinski definition) is 12. The van der Waals surface area contributed by atoms with E-state index in [9.17, 15) is 28.1 Å². The molecule has 326 valence electrons. The van der Waals surface area contributed by atoms with Gasteiger partial charge < -0.3 is 24.4 Å². The summed E-state index contributed by atoms with van der Waals surface area (Å²) in [5.74, 6) is -0.860. The molecule has 2 aromatic carbocycles. The number of sulfonamides is 1. The first kappa shape index (κ1) is 43.1. The summed E-state index contributed by atoms with van der Waals surface area (Å²) in [5.41, 5.74) is 1.98. The van der Waals surface area contributed by atoms with E-state index in [1.54, 1.807) is 31.4 Å². The number of nitrogens with one attached hydrogen (secondary N) is 2. The predicted octanol–water partition coefficient (Wildman–Crippen LogP) is 6.72. The number of benzene rings is 2. The lowest BCUT2D eigenvalue weighted by Gasteiger charge is -2.29. The number of pyridine rings is 1. The number of carbonyl (C=O) groups is 3. The Morgan fingerprint density at radius 2 is 1.92 bits per heavy atom. The Bertz CT molecular complexity index is 2560. The van der Waals surface area contributed by atoms with Crippen molar-refractivity contribution in [3.8, 4) is 34.0 Å². The van der Waals surface area contributed by atoms with Gasteiger partial charge in [-0.15, -0.1) is 11.3 Å². The Kier molecular flexibility index (Phi) is 12.3. The van der Waals surface area contributed by atoms with Gasteiger partial charge in [-0.1, -0.05) is 44.9 Å². The smallest absolute Gasteiger partial charge is 0.259 e. The summed E-state index contributed by atoms with van der Waals surface area (Å²) >= 11 is 1.49. The van der Waals surface area contributed by atoms with Crippen molar-refractivity contribution in [3.63, 3.8) is 0 Å². The second kappa shape index (κ2) is 17.7. The van der Waals surface area contributed by atoms with E-state index in [2.05, 4.69) is 30.0 Å². The summed E-state index contributed by atoms with van der Waals surface area (Å²) in [4.78, 5) is 55.0. The van der Waals surface area contributed by atoms with E-state index in [1.807, 2.05) is 42.7 Å². The second-order valence-corrected chi connectivity index (χ2v) is 20.0. The van der Waals surface area contributed by atoms with Crippen LogP contribution in [-0.4, -0.2) is 84.2 Å². The third-order valence-electron chi connectivity index (χ3n) is 12.4. The fraction of sp³-hybridized carbons (Fsp3) is 0.478. The van der Waals surface area contributed by atoms with Crippen molar-refractivity contribution in [1.82, 2.24) is 24.9 Å². The van der Waals surface area contributed by atoms with Crippen molar-refractivity contribution in [2.24, 2.45) is 11.8 Å². The molecule has 3 fully saturated rings. The maximum atomic E-state index is 14.9. The van der Waals surface area contributed by atoms with Gasteiger partial charge in [-0.3, -0.25) is 19.1 Å². The molecule has 1 saturated heterocycles. The van der Waals surface area contributed by atoms with Crippen LogP contribution < -0.4 is 24.2 Å². The number of thiazole rings is 1. The lowest BCUT2D eigenvalue weighted by molar-refractivity contribution is -0.143. The van der Waals surface area contributed by atoms with Crippen LogP contribution in [0.25, 0.3) is 21.6 Å². The van der Waals surface area contributed by atoms with E-state index in [0.29, 0.717) is 53.3 Å². The number of methoxy groups -OCH3 is 1. The van der Waals surface area contributed by atoms with Gasteiger partial charge in [-0.05, 0) is 81.7 Å². The average Bonchev–Trinajstić information content (AvgIpc) is 4.13. The van der Waals surface area contributed by atoms with E-state index in [-0.39, 0.29) is 37.8 Å². The van der Waals surface area contributed by atoms with Crippen molar-refractivity contribution >= 4 is 50.0 Å². The van der Waals surface area contributed by atoms with Crippen molar-refractivity contribution in [1.29, 1.82) is 5.26 Å². The number of nitriles is 1. The number of aromatic nitrogens is 2. The summed E-state index contributed by atoms with van der Waals surface area (Å²) in [6.07, 6.45) is 8.12. The van der Waals surface area contributed by atoms with Crippen LogP contribution >= 0.6 is 11.3 Å². The van der Waals surface area contributed by atoms with Gasteiger partial charge in [0.25, 0.3) is 5.91 Å². The first-order valence-electron chi connectivity index (χ1n) is 21.4. The first-order valence-corrected chi connectivity index (χ1v) is 23.8. The van der Waals surface area contributed by atoms with E-state index in [4.69, 9.17) is 24.2 Å². The summed E-state index contributed by atoms with van der Waals surface area (Å²) in [6, 6.07) is 13.4. The number of rotatable bonds is 11. The highest BCUT2D eigenvalue weighted by Crippen LogP contribution is 2.46. The van der Waals surface area contributed by atoms with Crippen LogP contribution in [0.4, 0.5) is 0 Å². The number of amides is 3. The van der Waals surface area contributed by atoms with Crippen molar-refractivity contribution in [2.75, 3.05) is 20.3 Å². The normalized spacial score (nSPS) is 24.3. The van der Waals surface area contributed by atoms with Crippen molar-refractivity contribution in [2.45, 2.75) is 107 Å². The summed E-state index contributed by atoms with van der Waals surface area (Å²) < 4.78 is 46.9. The largest absolute Gasteiger partial charge is 0.496 e. The van der Waals surface area contributed by atoms with Crippen LogP contribution in [0.1, 0.15) is 94.4 Å². The van der Waals surface area contributed by atoms with E-state index in [0.717, 1.165) is 47.3 Å². The van der Waals surface area contributed by atoms with Crippen LogP contribution in [-0.2, 0) is 24.4 Å². The molecule has 4 aromatic rings. The lowest BCUT2D eigenvalue weighted by atomic mass is 9.99. The SMILES string of the molecule is COc1ccc2c(OC3CC4C(=O)NC5(C(=O)NS(=O)(=O)C6CC6)CC5C=CCCCCCC(COc5cccc(C#N)c5)C(=O)N4C3)cc(-c3nc(C(C)C)cs3)nc2c1C. The minimum Gasteiger partial charge on any atom is -0.496 e. The highest BCUT2D eigenvalue weighted by atomic mass is 32.2. The summed E-state index contributed by atoms with van der Waals surface area (Å²) in [7, 11) is -2.30. The maximum absolute atomic E-state index is 14.9. The second-order valence-electron chi connectivity index (χ2n) is 17.2. The zero-order chi connectivity index (χ0) is 43.8. The van der Waals surface area contributed by atoms with Crippen LogP contribution in [0.3, 0.4) is 0 Å². The van der Waals surface area contributed by atoms with Gasteiger partial charge >= 0.3 is 0 Å². The van der Waals surface area contributed by atoms with Gasteiger partial charge in [0.05, 0.1) is 54.3 Å². The molecule has 2 aliphatic heterocycles. The molecule has 2 aliphatic carbocycles. The van der Waals surface area contributed by atoms with Crippen LogP contribution in [0.2, 0.25) is 0 Å². The van der Waals surface area contributed by atoms with E-state index >= 15 is 0 Å². The summed E-state index contributed by atoms with van der Waals surface area (Å²) in [5, 5.41) is 15.3. The fourth-order valence-electron chi connectivity index (χ4n) is 8.45. The number of fused-ring (bicyclic) bond motifs is 3. The minimum atomic E-state index is -3.90.